The average molecular weight is 613 g/mol. The lowest BCUT2D eigenvalue weighted by Gasteiger charge is -2.22. The van der Waals surface area contributed by atoms with Gasteiger partial charge in [-0.2, -0.15) is 10.5 Å². The zero-order valence-corrected chi connectivity index (χ0v) is 26.0. The molecule has 1 aliphatic rings. The first-order valence-corrected chi connectivity index (χ1v) is 16.2. The number of hydrogen-bond acceptors (Lipinski definition) is 2. The van der Waals surface area contributed by atoms with Crippen LogP contribution in [-0.4, -0.2) is 9.13 Å². The monoisotopic (exact) mass is 612 g/mol. The predicted molar refractivity (Wildman–Crippen MR) is 196 cm³/mol. The molecule has 1 unspecified atom stereocenters. The van der Waals surface area contributed by atoms with Gasteiger partial charge in [-0.3, -0.25) is 0 Å². The van der Waals surface area contributed by atoms with Crippen molar-refractivity contribution in [1.29, 1.82) is 10.5 Å². The molecule has 0 fully saturated rings. The maximum Gasteiger partial charge on any atom is 0.101 e. The fourth-order valence-corrected chi connectivity index (χ4v) is 7.59. The lowest BCUT2D eigenvalue weighted by atomic mass is 9.89. The zero-order valence-electron chi connectivity index (χ0n) is 26.0. The molecule has 6 aromatic carbocycles. The number of aromatic nitrogens is 2. The van der Waals surface area contributed by atoms with Gasteiger partial charge in [0, 0.05) is 38.7 Å². The number of para-hydroxylation sites is 4. The second-order valence-corrected chi connectivity index (χ2v) is 12.4. The van der Waals surface area contributed by atoms with Crippen molar-refractivity contribution in [3.63, 3.8) is 0 Å². The Hall–Kier alpha value is -6.62. The minimum atomic E-state index is 0.231. The highest BCUT2D eigenvalue weighted by Crippen LogP contribution is 2.40. The van der Waals surface area contributed by atoms with Crippen LogP contribution >= 0.6 is 0 Å². The highest BCUT2D eigenvalue weighted by Gasteiger charge is 2.21. The Morgan fingerprint density at radius 2 is 1.21 bits per heavy atom. The summed E-state index contributed by atoms with van der Waals surface area (Å²) in [5.41, 5.74) is 10.9. The number of nitriles is 2. The summed E-state index contributed by atoms with van der Waals surface area (Å²) in [7, 11) is 0. The molecule has 1 aliphatic carbocycles. The molecule has 8 aromatic rings. The van der Waals surface area contributed by atoms with Crippen LogP contribution in [0.5, 0.6) is 0 Å². The summed E-state index contributed by atoms with van der Waals surface area (Å²) in [5, 5.41) is 24.7. The fraction of sp³-hybridized carbons (Fsp3) is 0.0455. The van der Waals surface area contributed by atoms with E-state index in [9.17, 15) is 10.5 Å². The Kier molecular flexibility index (Phi) is 6.35. The first-order chi connectivity index (χ1) is 23.7. The van der Waals surface area contributed by atoms with E-state index in [-0.39, 0.29) is 5.92 Å². The van der Waals surface area contributed by atoms with Gasteiger partial charge in [0.1, 0.15) is 6.07 Å². The van der Waals surface area contributed by atoms with Gasteiger partial charge < -0.3 is 9.13 Å². The van der Waals surface area contributed by atoms with E-state index in [0.717, 1.165) is 45.0 Å². The number of hydrogen-bond donors (Lipinski definition) is 0. The normalized spacial score (nSPS) is 14.4. The summed E-state index contributed by atoms with van der Waals surface area (Å²) in [6.07, 6.45) is 7.61. The molecule has 0 N–H and O–H groups in total. The van der Waals surface area contributed by atoms with Crippen molar-refractivity contribution < 1.29 is 0 Å². The highest BCUT2D eigenvalue weighted by atomic mass is 15.0. The van der Waals surface area contributed by atoms with Gasteiger partial charge in [0.2, 0.25) is 0 Å². The highest BCUT2D eigenvalue weighted by molar-refractivity contribution is 6.12. The van der Waals surface area contributed by atoms with Crippen molar-refractivity contribution in [2.24, 2.45) is 0 Å². The van der Waals surface area contributed by atoms with Crippen LogP contribution in [0.4, 0.5) is 0 Å². The van der Waals surface area contributed by atoms with Crippen molar-refractivity contribution >= 4 is 49.3 Å². The average Bonchev–Trinajstić information content (AvgIpc) is 3.68. The second-order valence-electron chi connectivity index (χ2n) is 12.4. The number of nitrogens with zero attached hydrogens (tertiary/aromatic N) is 4. The Labute approximate surface area is 277 Å². The molecule has 0 aliphatic heterocycles. The van der Waals surface area contributed by atoms with Gasteiger partial charge in [-0.25, -0.2) is 0 Å². The minimum absolute atomic E-state index is 0.231. The zero-order chi connectivity index (χ0) is 32.2. The molecule has 0 radical (unpaired) electrons. The summed E-state index contributed by atoms with van der Waals surface area (Å²) in [6.45, 7) is 0. The summed E-state index contributed by atoms with van der Waals surface area (Å²) in [5.74, 6) is 0.231. The first-order valence-electron chi connectivity index (χ1n) is 16.2. The van der Waals surface area contributed by atoms with E-state index in [1.165, 1.54) is 33.1 Å². The molecular formula is C44H28N4. The quantitative estimate of drug-likeness (QED) is 0.199. The third kappa shape index (κ3) is 4.21. The fourth-order valence-electron chi connectivity index (χ4n) is 7.59. The molecule has 0 bridgehead atoms. The first kappa shape index (κ1) is 27.7. The van der Waals surface area contributed by atoms with Gasteiger partial charge in [0.05, 0.1) is 45.0 Å². The van der Waals surface area contributed by atoms with Crippen molar-refractivity contribution in [2.75, 3.05) is 0 Å². The van der Waals surface area contributed by atoms with Crippen LogP contribution in [0.15, 0.2) is 152 Å². The molecule has 2 heterocycles. The van der Waals surface area contributed by atoms with Crippen LogP contribution in [0.2, 0.25) is 0 Å². The molecule has 0 amide bonds. The van der Waals surface area contributed by atoms with E-state index in [4.69, 9.17) is 0 Å². The molecule has 0 spiro atoms. The van der Waals surface area contributed by atoms with E-state index < -0.39 is 0 Å². The van der Waals surface area contributed by atoms with Crippen LogP contribution in [0.25, 0.3) is 66.1 Å². The van der Waals surface area contributed by atoms with E-state index in [1.807, 2.05) is 42.5 Å². The maximum atomic E-state index is 10.1. The standard InChI is InChI=1S/C44H28N4/c45-27-29-19-24-35(43(25-29)48-42-18-6-3-14-38(42)39-15-8-10-33(28-46)44(39)48)31-22-20-30(21-23-31)32-9-7-11-34(26-32)47-40-16-4-1-12-36(40)37-13-2-5-17-41(37)47/h1-25,32H,26H2. The SMILES string of the molecule is N#Cc1ccc(-c2ccc(C3C=CC=C(n4c5ccccc5c5ccccc54)C3)cc2)c(-n2c3ccccc3c3cccc(C#N)c32)c1. The van der Waals surface area contributed by atoms with Crippen LogP contribution in [0.3, 0.4) is 0 Å². The molecule has 4 heteroatoms. The molecule has 9 rings (SSSR count). The molecule has 2 aromatic heterocycles. The van der Waals surface area contributed by atoms with E-state index in [2.05, 4.69) is 130 Å². The van der Waals surface area contributed by atoms with Gasteiger partial charge in [-0.05, 0) is 60.0 Å². The van der Waals surface area contributed by atoms with Crippen molar-refractivity contribution in [3.05, 3.63) is 168 Å². The molecule has 0 saturated carbocycles. The van der Waals surface area contributed by atoms with Crippen LogP contribution in [0, 0.1) is 22.7 Å². The lowest BCUT2D eigenvalue weighted by molar-refractivity contribution is 0.837. The number of rotatable bonds is 4. The van der Waals surface area contributed by atoms with Gasteiger partial charge in [0.15, 0.2) is 0 Å². The van der Waals surface area contributed by atoms with E-state index >= 15 is 0 Å². The lowest BCUT2D eigenvalue weighted by Crippen LogP contribution is -2.06. The molecule has 1 atom stereocenters. The number of benzene rings is 6. The number of fused-ring (bicyclic) bond motifs is 6. The smallest absolute Gasteiger partial charge is 0.101 e. The summed E-state index contributed by atoms with van der Waals surface area (Å²) in [6, 6.07) is 50.8. The maximum absolute atomic E-state index is 10.1. The van der Waals surface area contributed by atoms with Crippen LogP contribution < -0.4 is 0 Å². The molecule has 224 valence electrons. The minimum Gasteiger partial charge on any atom is -0.313 e. The van der Waals surface area contributed by atoms with Crippen molar-refractivity contribution in [1.82, 2.24) is 9.13 Å². The van der Waals surface area contributed by atoms with Crippen molar-refractivity contribution in [3.8, 4) is 29.0 Å². The number of allylic oxidation sites excluding steroid dienone is 4. The van der Waals surface area contributed by atoms with Gasteiger partial charge in [0.25, 0.3) is 0 Å². The Bertz CT molecular complexity index is 2670. The van der Waals surface area contributed by atoms with Gasteiger partial charge in [-0.1, -0.05) is 109 Å². The third-order valence-electron chi connectivity index (χ3n) is 9.76. The molecule has 0 saturated heterocycles. The molecule has 48 heavy (non-hydrogen) atoms. The molecule has 4 nitrogen and oxygen atoms in total. The van der Waals surface area contributed by atoms with Crippen molar-refractivity contribution in [2.45, 2.75) is 12.3 Å². The van der Waals surface area contributed by atoms with E-state index in [1.54, 1.807) is 0 Å². The Morgan fingerprint density at radius 3 is 1.88 bits per heavy atom. The Morgan fingerprint density at radius 1 is 0.583 bits per heavy atom. The van der Waals surface area contributed by atoms with Gasteiger partial charge in [-0.15, -0.1) is 0 Å². The third-order valence-corrected chi connectivity index (χ3v) is 9.76. The second kappa shape index (κ2) is 11.0. The van der Waals surface area contributed by atoms with E-state index in [0.29, 0.717) is 11.1 Å². The molecular weight excluding hydrogens is 585 g/mol. The van der Waals surface area contributed by atoms with Crippen LogP contribution in [0.1, 0.15) is 29.0 Å². The van der Waals surface area contributed by atoms with Crippen LogP contribution in [-0.2, 0) is 0 Å². The summed E-state index contributed by atoms with van der Waals surface area (Å²) < 4.78 is 4.57. The summed E-state index contributed by atoms with van der Waals surface area (Å²) >= 11 is 0. The largest absolute Gasteiger partial charge is 0.313 e. The Balaban J connectivity index is 1.13. The predicted octanol–water partition coefficient (Wildman–Crippen LogP) is 10.9. The topological polar surface area (TPSA) is 57.4 Å². The summed E-state index contributed by atoms with van der Waals surface area (Å²) in [4.78, 5) is 0. The van der Waals surface area contributed by atoms with Gasteiger partial charge >= 0.3 is 0 Å².